The molecule has 4 nitrogen and oxygen atoms in total. The summed E-state index contributed by atoms with van der Waals surface area (Å²) < 4.78 is 2.10. The molecule has 0 spiro atoms. The Morgan fingerprint density at radius 1 is 0.957 bits per heavy atom. The summed E-state index contributed by atoms with van der Waals surface area (Å²) in [5.41, 5.74) is 2.40. The van der Waals surface area contributed by atoms with Crippen LogP contribution in [-0.2, 0) is 4.79 Å². The highest BCUT2D eigenvalue weighted by molar-refractivity contribution is 5.76. The number of amides is 1. The van der Waals surface area contributed by atoms with Crippen LogP contribution in [0.4, 0.5) is 5.69 Å². The van der Waals surface area contributed by atoms with Crippen molar-refractivity contribution in [2.45, 2.75) is 20.3 Å². The van der Waals surface area contributed by atoms with E-state index in [2.05, 4.69) is 47.6 Å². The SMILES string of the molecule is CC(C)CC(=O)N1CCN(c2ccc(-n3cccc3)cc2)CC1. The minimum atomic E-state index is 0.294. The first-order valence-corrected chi connectivity index (χ1v) is 8.39. The van der Waals surface area contributed by atoms with Gasteiger partial charge >= 0.3 is 0 Å². The van der Waals surface area contributed by atoms with Gasteiger partial charge in [-0.25, -0.2) is 0 Å². The predicted molar refractivity (Wildman–Crippen MR) is 94.0 cm³/mol. The van der Waals surface area contributed by atoms with Gasteiger partial charge < -0.3 is 14.4 Å². The van der Waals surface area contributed by atoms with Gasteiger partial charge in [-0.2, -0.15) is 0 Å². The van der Waals surface area contributed by atoms with Crippen LogP contribution in [0.5, 0.6) is 0 Å². The molecule has 0 radical (unpaired) electrons. The van der Waals surface area contributed by atoms with Crippen LogP contribution >= 0.6 is 0 Å². The summed E-state index contributed by atoms with van der Waals surface area (Å²) in [5, 5.41) is 0. The number of piperazine rings is 1. The molecule has 3 rings (SSSR count). The van der Waals surface area contributed by atoms with E-state index in [9.17, 15) is 4.79 Å². The Morgan fingerprint density at radius 2 is 1.52 bits per heavy atom. The van der Waals surface area contributed by atoms with Gasteiger partial charge in [-0.15, -0.1) is 0 Å². The predicted octanol–water partition coefficient (Wildman–Crippen LogP) is 3.17. The number of rotatable bonds is 4. The Bertz CT molecular complexity index is 623. The highest BCUT2D eigenvalue weighted by atomic mass is 16.2. The van der Waals surface area contributed by atoms with E-state index in [1.54, 1.807) is 0 Å². The number of hydrogen-bond donors (Lipinski definition) is 0. The highest BCUT2D eigenvalue weighted by Gasteiger charge is 2.21. The fourth-order valence-electron chi connectivity index (χ4n) is 3.03. The fraction of sp³-hybridized carbons (Fsp3) is 0.421. The minimum Gasteiger partial charge on any atom is -0.368 e. The maximum absolute atomic E-state index is 12.1. The second kappa shape index (κ2) is 6.90. The molecule has 1 amide bonds. The van der Waals surface area contributed by atoms with Crippen LogP contribution in [0.2, 0.25) is 0 Å². The van der Waals surface area contributed by atoms with E-state index in [0.29, 0.717) is 18.2 Å². The Hall–Kier alpha value is -2.23. The van der Waals surface area contributed by atoms with Gasteiger partial charge in [-0.1, -0.05) is 13.8 Å². The van der Waals surface area contributed by atoms with Gasteiger partial charge in [0.2, 0.25) is 5.91 Å². The lowest BCUT2D eigenvalue weighted by molar-refractivity contribution is -0.132. The molecule has 122 valence electrons. The molecule has 0 bridgehead atoms. The molecule has 1 aromatic carbocycles. The topological polar surface area (TPSA) is 28.5 Å². The molecular formula is C19H25N3O. The maximum atomic E-state index is 12.1. The molecule has 0 saturated carbocycles. The number of anilines is 1. The molecule has 23 heavy (non-hydrogen) atoms. The summed E-state index contributed by atoms with van der Waals surface area (Å²) >= 11 is 0. The molecular weight excluding hydrogens is 286 g/mol. The first-order chi connectivity index (χ1) is 11.1. The largest absolute Gasteiger partial charge is 0.368 e. The van der Waals surface area contributed by atoms with Crippen molar-refractivity contribution >= 4 is 11.6 Å². The van der Waals surface area contributed by atoms with Gasteiger partial charge in [-0.3, -0.25) is 4.79 Å². The maximum Gasteiger partial charge on any atom is 0.222 e. The van der Waals surface area contributed by atoms with Crippen LogP contribution in [0, 0.1) is 5.92 Å². The van der Waals surface area contributed by atoms with E-state index < -0.39 is 0 Å². The zero-order chi connectivity index (χ0) is 16.2. The van der Waals surface area contributed by atoms with Crippen molar-refractivity contribution in [2.24, 2.45) is 5.92 Å². The molecule has 1 saturated heterocycles. The number of nitrogens with zero attached hydrogens (tertiary/aromatic N) is 3. The first kappa shape index (κ1) is 15.7. The van der Waals surface area contributed by atoms with E-state index in [4.69, 9.17) is 0 Å². The average Bonchev–Trinajstić information content (AvgIpc) is 3.09. The Labute approximate surface area is 138 Å². The lowest BCUT2D eigenvalue weighted by atomic mass is 10.1. The van der Waals surface area contributed by atoms with Crippen molar-refractivity contribution in [3.05, 3.63) is 48.8 Å². The van der Waals surface area contributed by atoms with Gasteiger partial charge in [-0.05, 0) is 42.3 Å². The van der Waals surface area contributed by atoms with Gasteiger partial charge in [0.15, 0.2) is 0 Å². The van der Waals surface area contributed by atoms with Crippen molar-refractivity contribution < 1.29 is 4.79 Å². The van der Waals surface area contributed by atoms with Gasteiger partial charge in [0.05, 0.1) is 0 Å². The fourth-order valence-corrected chi connectivity index (χ4v) is 3.03. The Balaban J connectivity index is 1.58. The van der Waals surface area contributed by atoms with Crippen LogP contribution in [0.3, 0.4) is 0 Å². The third-order valence-electron chi connectivity index (χ3n) is 4.33. The van der Waals surface area contributed by atoms with E-state index in [0.717, 1.165) is 26.2 Å². The molecule has 2 aromatic rings. The summed E-state index contributed by atoms with van der Waals surface area (Å²) in [7, 11) is 0. The third-order valence-corrected chi connectivity index (χ3v) is 4.33. The number of aromatic nitrogens is 1. The normalized spacial score (nSPS) is 15.3. The van der Waals surface area contributed by atoms with Gasteiger partial charge in [0, 0.05) is 56.4 Å². The summed E-state index contributed by atoms with van der Waals surface area (Å²) in [4.78, 5) is 16.5. The van der Waals surface area contributed by atoms with Crippen molar-refractivity contribution in [1.82, 2.24) is 9.47 Å². The average molecular weight is 311 g/mol. The summed E-state index contributed by atoms with van der Waals surface area (Å²) in [6.07, 6.45) is 4.76. The third kappa shape index (κ3) is 3.76. The second-order valence-electron chi connectivity index (χ2n) is 6.57. The monoisotopic (exact) mass is 311 g/mol. The quantitative estimate of drug-likeness (QED) is 0.867. The lowest BCUT2D eigenvalue weighted by Crippen LogP contribution is -2.49. The van der Waals surface area contributed by atoms with Gasteiger partial charge in [0.1, 0.15) is 0 Å². The molecule has 1 aliphatic rings. The summed E-state index contributed by atoms with van der Waals surface area (Å²) in [6, 6.07) is 12.7. The van der Waals surface area contributed by atoms with Crippen molar-refractivity contribution in [2.75, 3.05) is 31.1 Å². The molecule has 0 aliphatic carbocycles. The van der Waals surface area contributed by atoms with Crippen molar-refractivity contribution in [1.29, 1.82) is 0 Å². The number of carbonyl (C=O) groups excluding carboxylic acids is 1. The van der Waals surface area contributed by atoms with E-state index in [1.807, 2.05) is 29.4 Å². The molecule has 1 aliphatic heterocycles. The smallest absolute Gasteiger partial charge is 0.222 e. The lowest BCUT2D eigenvalue weighted by Gasteiger charge is -2.36. The molecule has 1 fully saturated rings. The van der Waals surface area contributed by atoms with Gasteiger partial charge in [0.25, 0.3) is 0 Å². The van der Waals surface area contributed by atoms with Crippen LogP contribution < -0.4 is 4.90 Å². The van der Waals surface area contributed by atoms with Crippen LogP contribution in [0.25, 0.3) is 5.69 Å². The molecule has 0 N–H and O–H groups in total. The molecule has 2 heterocycles. The molecule has 0 atom stereocenters. The number of carbonyl (C=O) groups is 1. The van der Waals surface area contributed by atoms with Crippen LogP contribution in [-0.4, -0.2) is 41.6 Å². The van der Waals surface area contributed by atoms with Crippen LogP contribution in [0.1, 0.15) is 20.3 Å². The zero-order valence-corrected chi connectivity index (χ0v) is 14.0. The molecule has 4 heteroatoms. The highest BCUT2D eigenvalue weighted by Crippen LogP contribution is 2.19. The second-order valence-corrected chi connectivity index (χ2v) is 6.57. The van der Waals surface area contributed by atoms with E-state index in [-0.39, 0.29) is 0 Å². The summed E-state index contributed by atoms with van der Waals surface area (Å²) in [6.45, 7) is 7.66. The molecule has 1 aromatic heterocycles. The Morgan fingerprint density at radius 3 is 2.09 bits per heavy atom. The number of benzene rings is 1. The number of hydrogen-bond acceptors (Lipinski definition) is 2. The zero-order valence-electron chi connectivity index (χ0n) is 14.0. The van der Waals surface area contributed by atoms with Crippen LogP contribution in [0.15, 0.2) is 48.8 Å². The van der Waals surface area contributed by atoms with Crippen molar-refractivity contribution in [3.8, 4) is 5.69 Å². The van der Waals surface area contributed by atoms with E-state index >= 15 is 0 Å². The van der Waals surface area contributed by atoms with Crippen molar-refractivity contribution in [3.63, 3.8) is 0 Å². The molecule has 0 unspecified atom stereocenters. The standard InChI is InChI=1S/C19H25N3O/c1-16(2)15-19(23)22-13-11-21(12-14-22)18-7-5-17(6-8-18)20-9-3-4-10-20/h3-10,16H,11-15H2,1-2H3. The minimum absolute atomic E-state index is 0.294. The van der Waals surface area contributed by atoms with E-state index in [1.165, 1.54) is 11.4 Å². The summed E-state index contributed by atoms with van der Waals surface area (Å²) in [5.74, 6) is 0.726. The Kier molecular flexibility index (Phi) is 4.70. The first-order valence-electron chi connectivity index (χ1n) is 8.39.